The molecule has 1 aromatic carbocycles. The topological polar surface area (TPSA) is 41.6 Å². The van der Waals surface area contributed by atoms with Crippen molar-refractivity contribution in [2.75, 3.05) is 13.1 Å². The van der Waals surface area contributed by atoms with Crippen molar-refractivity contribution in [3.05, 3.63) is 34.9 Å². The first-order valence-electron chi connectivity index (χ1n) is 9.29. The first-order valence-corrected chi connectivity index (χ1v) is 9.67. The van der Waals surface area contributed by atoms with Crippen LogP contribution in [0.1, 0.15) is 45.1 Å². The van der Waals surface area contributed by atoms with Crippen molar-refractivity contribution < 1.29 is 9.53 Å². The number of nitrogens with one attached hydrogen (secondary N) is 1. The molecule has 0 aromatic heterocycles. The molecule has 2 aliphatic carbocycles. The molecule has 1 heterocycles. The van der Waals surface area contributed by atoms with Crippen molar-refractivity contribution in [2.45, 2.75) is 57.2 Å². The lowest BCUT2D eigenvalue weighted by Crippen LogP contribution is -2.45. The number of rotatable bonds is 3. The zero-order valence-corrected chi connectivity index (χ0v) is 15.9. The van der Waals surface area contributed by atoms with Crippen molar-refractivity contribution in [3.63, 3.8) is 0 Å². The highest BCUT2D eigenvalue weighted by Gasteiger charge is 2.58. The van der Waals surface area contributed by atoms with Gasteiger partial charge in [0.1, 0.15) is 5.60 Å². The average Bonchev–Trinajstić information content (AvgIpc) is 2.92. The van der Waals surface area contributed by atoms with E-state index < -0.39 is 5.60 Å². The van der Waals surface area contributed by atoms with Crippen molar-refractivity contribution in [2.24, 2.45) is 11.8 Å². The molecule has 25 heavy (non-hydrogen) atoms. The minimum atomic E-state index is -0.413. The maximum absolute atomic E-state index is 12.1. The molecule has 2 atom stereocenters. The summed E-state index contributed by atoms with van der Waals surface area (Å²) in [6, 6.07) is 9.46. The molecule has 1 aliphatic heterocycles. The van der Waals surface area contributed by atoms with Crippen molar-refractivity contribution in [1.29, 1.82) is 0 Å². The van der Waals surface area contributed by atoms with Crippen LogP contribution in [0.4, 0.5) is 4.79 Å². The standard InChI is InChI=1S/C20H27ClN2O2/c1-20(2,3)25-19(24)23-10-16-17(11-23)18(16)22-15-8-13(9-15)12-4-6-14(21)7-5-12/h4-7,13,15-18,22H,8-11H2,1-3H3. The van der Waals surface area contributed by atoms with E-state index in [0.29, 0.717) is 29.8 Å². The Hall–Kier alpha value is -1.26. The summed E-state index contributed by atoms with van der Waals surface area (Å²) in [6.45, 7) is 7.43. The van der Waals surface area contributed by atoms with Crippen molar-refractivity contribution in [3.8, 4) is 0 Å². The minimum absolute atomic E-state index is 0.162. The number of hydrogen-bond acceptors (Lipinski definition) is 3. The van der Waals surface area contributed by atoms with Gasteiger partial charge in [-0.15, -0.1) is 0 Å². The van der Waals surface area contributed by atoms with E-state index in [9.17, 15) is 4.79 Å². The van der Waals surface area contributed by atoms with E-state index in [1.54, 1.807) is 0 Å². The molecule has 1 N–H and O–H groups in total. The normalized spacial score (nSPS) is 33.6. The molecule has 2 unspecified atom stereocenters. The zero-order chi connectivity index (χ0) is 17.8. The van der Waals surface area contributed by atoms with E-state index in [-0.39, 0.29) is 6.09 Å². The molecule has 0 bridgehead atoms. The van der Waals surface area contributed by atoms with E-state index in [4.69, 9.17) is 16.3 Å². The number of halogens is 1. The number of likely N-dealkylation sites (tertiary alicyclic amines) is 1. The van der Waals surface area contributed by atoms with Gasteiger partial charge in [-0.25, -0.2) is 4.79 Å². The Bertz CT molecular complexity index is 637. The number of carbonyl (C=O) groups excluding carboxylic acids is 1. The molecule has 1 aromatic rings. The smallest absolute Gasteiger partial charge is 0.410 e. The molecule has 1 saturated heterocycles. The number of nitrogens with zero attached hydrogens (tertiary/aromatic N) is 1. The predicted octanol–water partition coefficient (Wildman–Crippen LogP) is 4.04. The van der Waals surface area contributed by atoms with E-state index in [0.717, 1.165) is 18.1 Å². The SMILES string of the molecule is CC(C)(C)OC(=O)N1CC2C(C1)C2NC1CC(c2ccc(Cl)cc2)C1. The summed E-state index contributed by atoms with van der Waals surface area (Å²) in [6.07, 6.45) is 2.24. The van der Waals surface area contributed by atoms with Crippen LogP contribution in [0.5, 0.6) is 0 Å². The summed E-state index contributed by atoms with van der Waals surface area (Å²) in [4.78, 5) is 14.0. The fourth-order valence-corrected chi connectivity index (χ4v) is 4.41. The molecule has 3 fully saturated rings. The summed E-state index contributed by atoms with van der Waals surface area (Å²) >= 11 is 5.96. The first-order chi connectivity index (χ1) is 11.8. The second kappa shape index (κ2) is 6.17. The molecular weight excluding hydrogens is 336 g/mol. The van der Waals surface area contributed by atoms with Crippen LogP contribution in [0.25, 0.3) is 0 Å². The molecule has 136 valence electrons. The van der Waals surface area contributed by atoms with Crippen molar-refractivity contribution in [1.82, 2.24) is 10.2 Å². The Balaban J connectivity index is 1.20. The van der Waals surface area contributed by atoms with Crippen LogP contribution in [0.2, 0.25) is 5.02 Å². The van der Waals surface area contributed by atoms with Gasteiger partial charge < -0.3 is 15.0 Å². The highest BCUT2D eigenvalue weighted by molar-refractivity contribution is 6.30. The summed E-state index contributed by atoms with van der Waals surface area (Å²) in [7, 11) is 0. The van der Waals surface area contributed by atoms with Crippen LogP contribution < -0.4 is 5.32 Å². The largest absolute Gasteiger partial charge is 0.444 e. The van der Waals surface area contributed by atoms with Gasteiger partial charge in [0.05, 0.1) is 0 Å². The number of fused-ring (bicyclic) bond motifs is 1. The summed E-state index contributed by atoms with van der Waals surface area (Å²) < 4.78 is 5.47. The number of ether oxygens (including phenoxy) is 1. The van der Waals surface area contributed by atoms with Gasteiger partial charge in [0.15, 0.2) is 0 Å². The third kappa shape index (κ3) is 3.65. The third-order valence-corrected chi connectivity index (χ3v) is 6.01. The van der Waals surface area contributed by atoms with Gasteiger partial charge in [0.25, 0.3) is 0 Å². The van der Waals surface area contributed by atoms with Crippen LogP contribution >= 0.6 is 11.6 Å². The average molecular weight is 363 g/mol. The zero-order valence-electron chi connectivity index (χ0n) is 15.2. The molecule has 1 amide bonds. The second-order valence-electron chi connectivity index (χ2n) is 8.82. The Kier molecular flexibility index (Phi) is 4.24. The summed E-state index contributed by atoms with van der Waals surface area (Å²) in [5, 5.41) is 4.61. The Morgan fingerprint density at radius 3 is 2.32 bits per heavy atom. The monoisotopic (exact) mass is 362 g/mol. The summed E-state index contributed by atoms with van der Waals surface area (Å²) in [5.41, 5.74) is 0.985. The highest BCUT2D eigenvalue weighted by atomic mass is 35.5. The van der Waals surface area contributed by atoms with Gasteiger partial charge in [-0.3, -0.25) is 0 Å². The summed E-state index contributed by atoms with van der Waals surface area (Å²) in [5.74, 6) is 1.89. The van der Waals surface area contributed by atoms with Gasteiger partial charge in [-0.05, 0) is 69.1 Å². The number of hydrogen-bond donors (Lipinski definition) is 1. The van der Waals surface area contributed by atoms with Gasteiger partial charge in [-0.2, -0.15) is 0 Å². The van der Waals surface area contributed by atoms with Crippen LogP contribution in [0.3, 0.4) is 0 Å². The maximum atomic E-state index is 12.1. The van der Waals surface area contributed by atoms with Crippen molar-refractivity contribution >= 4 is 17.7 Å². The van der Waals surface area contributed by atoms with E-state index in [1.807, 2.05) is 37.8 Å². The first kappa shape index (κ1) is 17.2. The van der Waals surface area contributed by atoms with Gasteiger partial charge in [0, 0.05) is 30.2 Å². The van der Waals surface area contributed by atoms with Crippen LogP contribution in [0.15, 0.2) is 24.3 Å². The Labute approximate surface area is 154 Å². The second-order valence-corrected chi connectivity index (χ2v) is 9.26. The maximum Gasteiger partial charge on any atom is 0.410 e. The van der Waals surface area contributed by atoms with Crippen LogP contribution in [-0.4, -0.2) is 41.8 Å². The Morgan fingerprint density at radius 2 is 1.76 bits per heavy atom. The van der Waals surface area contributed by atoms with E-state index in [1.165, 1.54) is 18.4 Å². The number of benzene rings is 1. The molecule has 0 spiro atoms. The minimum Gasteiger partial charge on any atom is -0.444 e. The number of piperidine rings is 1. The molecule has 4 nitrogen and oxygen atoms in total. The lowest BCUT2D eigenvalue weighted by atomic mass is 9.76. The molecule has 5 heteroatoms. The molecule has 0 radical (unpaired) electrons. The lowest BCUT2D eigenvalue weighted by molar-refractivity contribution is 0.0267. The molecule has 3 aliphatic rings. The quantitative estimate of drug-likeness (QED) is 0.882. The molecule has 2 saturated carbocycles. The van der Waals surface area contributed by atoms with E-state index >= 15 is 0 Å². The Morgan fingerprint density at radius 1 is 1.16 bits per heavy atom. The van der Waals surface area contributed by atoms with Gasteiger partial charge in [-0.1, -0.05) is 23.7 Å². The highest BCUT2D eigenvalue weighted by Crippen LogP contribution is 2.48. The third-order valence-electron chi connectivity index (χ3n) is 5.75. The number of amides is 1. The lowest BCUT2D eigenvalue weighted by Gasteiger charge is -2.37. The van der Waals surface area contributed by atoms with E-state index in [2.05, 4.69) is 17.4 Å². The predicted molar refractivity (Wildman–Crippen MR) is 98.9 cm³/mol. The molecular formula is C20H27ClN2O2. The number of carbonyl (C=O) groups is 1. The van der Waals surface area contributed by atoms with Crippen LogP contribution in [0, 0.1) is 11.8 Å². The van der Waals surface area contributed by atoms with Gasteiger partial charge >= 0.3 is 6.09 Å². The van der Waals surface area contributed by atoms with Gasteiger partial charge in [0.2, 0.25) is 0 Å². The fraction of sp³-hybridized carbons (Fsp3) is 0.650. The fourth-order valence-electron chi connectivity index (χ4n) is 4.28. The van der Waals surface area contributed by atoms with Crippen LogP contribution in [-0.2, 0) is 4.74 Å². The molecule has 4 rings (SSSR count).